The van der Waals surface area contributed by atoms with E-state index in [4.69, 9.17) is 0 Å². The largest absolute Gasteiger partial charge is 0.357 e. The van der Waals surface area contributed by atoms with E-state index in [1.165, 1.54) is 5.56 Å². The van der Waals surface area contributed by atoms with Crippen molar-refractivity contribution in [2.24, 2.45) is 4.99 Å². The predicted molar refractivity (Wildman–Crippen MR) is 115 cm³/mol. The van der Waals surface area contributed by atoms with Crippen LogP contribution in [-0.2, 0) is 11.3 Å². The van der Waals surface area contributed by atoms with Crippen molar-refractivity contribution in [3.8, 4) is 0 Å². The van der Waals surface area contributed by atoms with E-state index in [0.717, 1.165) is 58.8 Å². The number of nitrogens with one attached hydrogen (secondary N) is 2. The molecule has 1 aliphatic rings. The molecule has 1 heterocycles. The van der Waals surface area contributed by atoms with Crippen LogP contribution in [0.15, 0.2) is 35.3 Å². The van der Waals surface area contributed by atoms with E-state index in [1.807, 2.05) is 6.92 Å². The lowest BCUT2D eigenvalue weighted by molar-refractivity contribution is -0.127. The highest BCUT2D eigenvalue weighted by Crippen LogP contribution is 2.08. The lowest BCUT2D eigenvalue weighted by Gasteiger charge is -2.34. The van der Waals surface area contributed by atoms with Gasteiger partial charge in [-0.25, -0.2) is 4.99 Å². The van der Waals surface area contributed by atoms with Crippen LogP contribution < -0.4 is 10.6 Å². The number of hydrogen-bond acceptors (Lipinski definition) is 4. The van der Waals surface area contributed by atoms with Crippen LogP contribution in [0.3, 0.4) is 0 Å². The fraction of sp³-hybridized carbons (Fsp3) is 0.619. The molecule has 0 atom stereocenters. The molecule has 7 nitrogen and oxygen atoms in total. The minimum Gasteiger partial charge on any atom is -0.357 e. The molecule has 0 saturated carbocycles. The molecule has 1 fully saturated rings. The van der Waals surface area contributed by atoms with Gasteiger partial charge in [0.05, 0.1) is 0 Å². The van der Waals surface area contributed by atoms with Gasteiger partial charge in [0, 0.05) is 59.9 Å². The molecule has 156 valence electrons. The van der Waals surface area contributed by atoms with Gasteiger partial charge in [0.15, 0.2) is 5.96 Å². The van der Waals surface area contributed by atoms with E-state index in [-0.39, 0.29) is 12.5 Å². The molecule has 1 amide bonds. The molecule has 28 heavy (non-hydrogen) atoms. The van der Waals surface area contributed by atoms with Crippen molar-refractivity contribution in [2.45, 2.75) is 19.9 Å². The van der Waals surface area contributed by atoms with Gasteiger partial charge in [-0.3, -0.25) is 9.69 Å². The Labute approximate surface area is 169 Å². The first kappa shape index (κ1) is 22.2. The fourth-order valence-electron chi connectivity index (χ4n) is 3.15. The zero-order valence-electron chi connectivity index (χ0n) is 17.7. The van der Waals surface area contributed by atoms with Gasteiger partial charge in [-0.2, -0.15) is 0 Å². The number of carbonyl (C=O) groups is 1. The highest BCUT2D eigenvalue weighted by atomic mass is 16.2. The van der Waals surface area contributed by atoms with Crippen LogP contribution in [0.25, 0.3) is 0 Å². The van der Waals surface area contributed by atoms with Gasteiger partial charge in [0.1, 0.15) is 6.54 Å². The highest BCUT2D eigenvalue weighted by molar-refractivity contribution is 5.84. The van der Waals surface area contributed by atoms with Crippen molar-refractivity contribution in [2.75, 3.05) is 66.5 Å². The van der Waals surface area contributed by atoms with Crippen molar-refractivity contribution in [3.05, 3.63) is 35.9 Å². The Hall–Kier alpha value is -2.12. The average Bonchev–Trinajstić information content (AvgIpc) is 2.71. The maximum atomic E-state index is 11.7. The van der Waals surface area contributed by atoms with Gasteiger partial charge in [-0.1, -0.05) is 30.3 Å². The summed E-state index contributed by atoms with van der Waals surface area (Å²) >= 11 is 0. The summed E-state index contributed by atoms with van der Waals surface area (Å²) in [5, 5.41) is 6.52. The molecule has 7 heteroatoms. The van der Waals surface area contributed by atoms with E-state index in [2.05, 4.69) is 55.8 Å². The number of likely N-dealkylation sites (N-methyl/N-ethyl adjacent to an activating group) is 1. The normalized spacial score (nSPS) is 16.0. The molecule has 0 unspecified atom stereocenters. The number of carbonyl (C=O) groups excluding carboxylic acids is 1. The molecule has 2 N–H and O–H groups in total. The number of nitrogens with zero attached hydrogens (tertiary/aromatic N) is 4. The zero-order chi connectivity index (χ0) is 20.2. The summed E-state index contributed by atoms with van der Waals surface area (Å²) in [7, 11) is 3.50. The second kappa shape index (κ2) is 12.4. The van der Waals surface area contributed by atoms with Crippen LogP contribution >= 0.6 is 0 Å². The molecule has 0 aromatic heterocycles. The van der Waals surface area contributed by atoms with E-state index >= 15 is 0 Å². The number of benzene rings is 1. The first-order chi connectivity index (χ1) is 13.6. The highest BCUT2D eigenvalue weighted by Gasteiger charge is 2.16. The standard InChI is InChI=1S/C21H36N6O/c1-4-22-21(24-17-20(28)25(2)3)23-11-8-12-26-13-15-27(16-14-26)18-19-9-6-5-7-10-19/h5-7,9-10H,4,8,11-18H2,1-3H3,(H2,22,23,24). The number of piperazine rings is 1. The maximum Gasteiger partial charge on any atom is 0.243 e. The second-order valence-electron chi connectivity index (χ2n) is 7.37. The molecule has 0 bridgehead atoms. The van der Waals surface area contributed by atoms with Crippen molar-refractivity contribution in [1.29, 1.82) is 0 Å². The number of aliphatic imine (C=N–C) groups is 1. The second-order valence-corrected chi connectivity index (χ2v) is 7.37. The van der Waals surface area contributed by atoms with Gasteiger partial charge in [-0.05, 0) is 25.5 Å². The summed E-state index contributed by atoms with van der Waals surface area (Å²) in [6.07, 6.45) is 1.06. The summed E-state index contributed by atoms with van der Waals surface area (Å²) in [4.78, 5) is 22.7. The minimum absolute atomic E-state index is 0.00516. The molecule has 0 spiro atoms. The molecule has 1 aromatic carbocycles. The third-order valence-electron chi connectivity index (χ3n) is 4.87. The van der Waals surface area contributed by atoms with Crippen LogP contribution in [-0.4, -0.2) is 93.0 Å². The van der Waals surface area contributed by atoms with Gasteiger partial charge < -0.3 is 20.4 Å². The summed E-state index contributed by atoms with van der Waals surface area (Å²) in [6, 6.07) is 10.7. The zero-order valence-corrected chi connectivity index (χ0v) is 17.7. The van der Waals surface area contributed by atoms with Crippen molar-refractivity contribution >= 4 is 11.9 Å². The lowest BCUT2D eigenvalue weighted by atomic mass is 10.2. The number of hydrogen-bond donors (Lipinski definition) is 2. The lowest BCUT2D eigenvalue weighted by Crippen LogP contribution is -2.46. The number of guanidine groups is 1. The minimum atomic E-state index is 0.00516. The molecule has 1 saturated heterocycles. The maximum absolute atomic E-state index is 11.7. The Balaban J connectivity index is 1.62. The number of amides is 1. The van der Waals surface area contributed by atoms with E-state index < -0.39 is 0 Å². The first-order valence-electron chi connectivity index (χ1n) is 10.3. The van der Waals surface area contributed by atoms with Gasteiger partial charge in [0.2, 0.25) is 5.91 Å². The quantitative estimate of drug-likeness (QED) is 0.373. The van der Waals surface area contributed by atoms with Crippen LogP contribution in [0.4, 0.5) is 0 Å². The predicted octanol–water partition coefficient (Wildman–Crippen LogP) is 0.838. The first-order valence-corrected chi connectivity index (χ1v) is 10.3. The Bertz CT molecular complexity index is 596. The Kier molecular flexibility index (Phi) is 9.79. The summed E-state index contributed by atoms with van der Waals surface area (Å²) in [6.45, 7) is 10.5. The van der Waals surface area contributed by atoms with Crippen LogP contribution in [0, 0.1) is 0 Å². The number of rotatable bonds is 9. The van der Waals surface area contributed by atoms with Crippen molar-refractivity contribution in [1.82, 2.24) is 25.3 Å². The van der Waals surface area contributed by atoms with Crippen LogP contribution in [0.2, 0.25) is 0 Å². The van der Waals surface area contributed by atoms with E-state index in [9.17, 15) is 4.79 Å². The Morgan fingerprint density at radius 2 is 1.75 bits per heavy atom. The molecule has 2 rings (SSSR count). The van der Waals surface area contributed by atoms with Crippen LogP contribution in [0.1, 0.15) is 18.9 Å². The fourth-order valence-corrected chi connectivity index (χ4v) is 3.15. The Morgan fingerprint density at radius 3 is 2.39 bits per heavy atom. The molecule has 1 aliphatic heterocycles. The summed E-state index contributed by atoms with van der Waals surface area (Å²) < 4.78 is 0. The summed E-state index contributed by atoms with van der Waals surface area (Å²) in [5.41, 5.74) is 1.39. The van der Waals surface area contributed by atoms with Gasteiger partial charge >= 0.3 is 0 Å². The third kappa shape index (κ3) is 8.27. The van der Waals surface area contributed by atoms with Gasteiger partial charge in [-0.15, -0.1) is 0 Å². The van der Waals surface area contributed by atoms with E-state index in [0.29, 0.717) is 5.96 Å². The van der Waals surface area contributed by atoms with Crippen molar-refractivity contribution in [3.63, 3.8) is 0 Å². The molecular formula is C21H36N6O. The van der Waals surface area contributed by atoms with Gasteiger partial charge in [0.25, 0.3) is 0 Å². The molecule has 0 aliphatic carbocycles. The molecule has 1 aromatic rings. The molecular weight excluding hydrogens is 352 g/mol. The van der Waals surface area contributed by atoms with Crippen LogP contribution in [0.5, 0.6) is 0 Å². The summed E-state index contributed by atoms with van der Waals surface area (Å²) in [5.74, 6) is 0.718. The average molecular weight is 389 g/mol. The topological polar surface area (TPSA) is 63.2 Å². The third-order valence-corrected chi connectivity index (χ3v) is 4.87. The van der Waals surface area contributed by atoms with Crippen molar-refractivity contribution < 1.29 is 4.79 Å². The monoisotopic (exact) mass is 388 g/mol. The van der Waals surface area contributed by atoms with E-state index in [1.54, 1.807) is 19.0 Å². The smallest absolute Gasteiger partial charge is 0.243 e. The molecule has 0 radical (unpaired) electrons. The SMILES string of the molecule is CCNC(=NCC(=O)N(C)C)NCCCN1CCN(Cc2ccccc2)CC1. The Morgan fingerprint density at radius 1 is 1.07 bits per heavy atom.